The van der Waals surface area contributed by atoms with Gasteiger partial charge in [-0.05, 0) is 48.4 Å². The van der Waals surface area contributed by atoms with Crippen LogP contribution in [0.2, 0.25) is 0 Å². The number of imidazole rings is 2. The van der Waals surface area contributed by atoms with Gasteiger partial charge in [0.15, 0.2) is 5.65 Å². The van der Waals surface area contributed by atoms with Crippen LogP contribution in [-0.4, -0.2) is 41.3 Å². The number of carboxylic acid groups (broad SMARTS) is 1. The van der Waals surface area contributed by atoms with E-state index >= 15 is 0 Å². The number of carbonyl (C=O) groups is 1. The van der Waals surface area contributed by atoms with Crippen LogP contribution in [0.15, 0.2) is 71.7 Å². The minimum Gasteiger partial charge on any atom is -0.480 e. The smallest absolute Gasteiger partial charge is 0.335 e. The third kappa shape index (κ3) is 2.86. The van der Waals surface area contributed by atoms with Crippen molar-refractivity contribution >= 4 is 34.1 Å². The molecule has 0 radical (unpaired) electrons. The van der Waals surface area contributed by atoms with E-state index in [4.69, 9.17) is 0 Å². The second-order valence-corrected chi connectivity index (χ2v) is 8.38. The van der Waals surface area contributed by atoms with E-state index in [-0.39, 0.29) is 12.5 Å². The van der Waals surface area contributed by atoms with Crippen LogP contribution in [0.4, 0.5) is 5.95 Å². The van der Waals surface area contributed by atoms with Gasteiger partial charge in [-0.1, -0.05) is 31.2 Å². The molecular weight excluding hydrogens is 432 g/mol. The van der Waals surface area contributed by atoms with Crippen LogP contribution < -0.4 is 11.0 Å². The number of nitrogens with one attached hydrogen (secondary N) is 1. The topological polar surface area (TPSA) is 107 Å². The third-order valence-electron chi connectivity index (χ3n) is 6.52. The fourth-order valence-corrected chi connectivity index (χ4v) is 4.93. The molecule has 1 aliphatic heterocycles. The molecule has 170 valence electrons. The molecule has 0 amide bonds. The molecular formula is C25H22N6O3. The molecule has 9 heteroatoms. The summed E-state index contributed by atoms with van der Waals surface area (Å²) < 4.78 is 5.00. The summed E-state index contributed by atoms with van der Waals surface area (Å²) in [5.74, 6) is -0.196. The zero-order valence-electron chi connectivity index (χ0n) is 18.4. The van der Waals surface area contributed by atoms with Gasteiger partial charge < -0.3 is 15.0 Å². The summed E-state index contributed by atoms with van der Waals surface area (Å²) >= 11 is 0. The van der Waals surface area contributed by atoms with E-state index in [0.29, 0.717) is 16.9 Å². The second kappa shape index (κ2) is 7.58. The number of aliphatic carboxylic acids is 1. The number of hydrogen-bond donors (Lipinski definition) is 2. The van der Waals surface area contributed by atoms with Gasteiger partial charge in [-0.2, -0.15) is 0 Å². The Bertz CT molecular complexity index is 1610. The molecule has 0 bridgehead atoms. The lowest BCUT2D eigenvalue weighted by molar-refractivity contribution is -0.141. The zero-order valence-corrected chi connectivity index (χ0v) is 18.4. The standard InChI is InChI=1S/C25H22N6O3/c1-2-18(23(32)33)31-20-8-5-13-26-22(20)29(25(31)34)16-11-9-15(10-12-16)21-14-27-24-28-17-6-3-4-7-19(17)30(21)24/h3-13,18,21H,2,14H2,1H3,(H,27,28)(H,32,33). The molecule has 2 aromatic carbocycles. The van der Waals surface area contributed by atoms with Crippen LogP contribution in [-0.2, 0) is 4.79 Å². The number of para-hydroxylation sites is 2. The van der Waals surface area contributed by atoms with Gasteiger partial charge in [0.25, 0.3) is 0 Å². The van der Waals surface area contributed by atoms with Gasteiger partial charge in [0, 0.05) is 12.7 Å². The molecule has 3 aromatic heterocycles. The Labute approximate surface area is 193 Å². The average molecular weight is 454 g/mol. The molecule has 2 N–H and O–H groups in total. The Morgan fingerprint density at radius 2 is 1.88 bits per heavy atom. The predicted molar refractivity (Wildman–Crippen MR) is 129 cm³/mol. The predicted octanol–water partition coefficient (Wildman–Crippen LogP) is 3.59. The van der Waals surface area contributed by atoms with E-state index in [1.54, 1.807) is 25.3 Å². The van der Waals surface area contributed by atoms with Crippen LogP contribution in [0, 0.1) is 0 Å². The van der Waals surface area contributed by atoms with Crippen molar-refractivity contribution in [2.45, 2.75) is 25.4 Å². The molecule has 34 heavy (non-hydrogen) atoms. The van der Waals surface area contributed by atoms with Crippen molar-refractivity contribution in [3.05, 3.63) is 82.9 Å². The van der Waals surface area contributed by atoms with Gasteiger partial charge in [0.2, 0.25) is 5.95 Å². The van der Waals surface area contributed by atoms with E-state index in [1.165, 1.54) is 9.13 Å². The number of fused-ring (bicyclic) bond motifs is 4. The highest BCUT2D eigenvalue weighted by Crippen LogP contribution is 2.34. The summed E-state index contributed by atoms with van der Waals surface area (Å²) in [5.41, 5.74) is 4.25. The van der Waals surface area contributed by atoms with Crippen LogP contribution in [0.25, 0.3) is 27.9 Å². The molecule has 5 aromatic rings. The summed E-state index contributed by atoms with van der Waals surface area (Å²) in [6.07, 6.45) is 1.90. The quantitative estimate of drug-likeness (QED) is 0.420. The average Bonchev–Trinajstić information content (AvgIpc) is 3.50. The number of benzene rings is 2. The first-order valence-electron chi connectivity index (χ1n) is 11.2. The molecule has 0 saturated carbocycles. The number of rotatable bonds is 5. The lowest BCUT2D eigenvalue weighted by atomic mass is 10.1. The minimum atomic E-state index is -1.04. The Kier molecular flexibility index (Phi) is 4.51. The van der Waals surface area contributed by atoms with Crippen molar-refractivity contribution in [2.24, 2.45) is 0 Å². The Balaban J connectivity index is 1.45. The normalized spacial score (nSPS) is 16.0. The van der Waals surface area contributed by atoms with Gasteiger partial charge in [0.1, 0.15) is 6.04 Å². The van der Waals surface area contributed by atoms with E-state index < -0.39 is 17.7 Å². The number of anilines is 1. The molecule has 9 nitrogen and oxygen atoms in total. The van der Waals surface area contributed by atoms with Gasteiger partial charge in [-0.25, -0.2) is 24.1 Å². The summed E-state index contributed by atoms with van der Waals surface area (Å²) in [7, 11) is 0. The van der Waals surface area contributed by atoms with Crippen molar-refractivity contribution in [1.29, 1.82) is 0 Å². The highest BCUT2D eigenvalue weighted by atomic mass is 16.4. The largest absolute Gasteiger partial charge is 0.480 e. The first-order chi connectivity index (χ1) is 16.6. The maximum atomic E-state index is 13.4. The molecule has 4 heterocycles. The highest BCUT2D eigenvalue weighted by Gasteiger charge is 2.28. The molecule has 2 unspecified atom stereocenters. The summed E-state index contributed by atoms with van der Waals surface area (Å²) in [6, 6.07) is 18.4. The molecule has 0 spiro atoms. The maximum Gasteiger partial charge on any atom is 0.335 e. The zero-order chi connectivity index (χ0) is 23.4. The number of aromatic nitrogens is 5. The Morgan fingerprint density at radius 3 is 2.65 bits per heavy atom. The lowest BCUT2D eigenvalue weighted by Crippen LogP contribution is -2.30. The number of hydrogen-bond acceptors (Lipinski definition) is 5. The number of nitrogens with zero attached hydrogens (tertiary/aromatic N) is 5. The molecule has 1 aliphatic rings. The van der Waals surface area contributed by atoms with E-state index in [1.807, 2.05) is 42.5 Å². The van der Waals surface area contributed by atoms with Crippen LogP contribution in [0.5, 0.6) is 0 Å². The van der Waals surface area contributed by atoms with Crippen molar-refractivity contribution in [3.63, 3.8) is 0 Å². The maximum absolute atomic E-state index is 13.4. The monoisotopic (exact) mass is 454 g/mol. The first kappa shape index (κ1) is 20.2. The van der Waals surface area contributed by atoms with Gasteiger partial charge in [0.05, 0.1) is 28.3 Å². The minimum absolute atomic E-state index is 0.0733. The molecule has 0 saturated heterocycles. The highest BCUT2D eigenvalue weighted by molar-refractivity contribution is 5.80. The summed E-state index contributed by atoms with van der Waals surface area (Å²) in [5, 5.41) is 13.1. The lowest BCUT2D eigenvalue weighted by Gasteiger charge is -2.14. The fourth-order valence-electron chi connectivity index (χ4n) is 4.93. The summed E-state index contributed by atoms with van der Waals surface area (Å²) in [6.45, 7) is 2.48. The molecule has 0 fully saturated rings. The van der Waals surface area contributed by atoms with E-state index in [0.717, 1.165) is 29.1 Å². The van der Waals surface area contributed by atoms with Gasteiger partial charge in [-0.3, -0.25) is 4.57 Å². The Morgan fingerprint density at radius 1 is 1.12 bits per heavy atom. The van der Waals surface area contributed by atoms with Gasteiger partial charge in [-0.15, -0.1) is 0 Å². The van der Waals surface area contributed by atoms with Crippen LogP contribution in [0.3, 0.4) is 0 Å². The van der Waals surface area contributed by atoms with Crippen molar-refractivity contribution < 1.29 is 9.90 Å². The van der Waals surface area contributed by atoms with Crippen molar-refractivity contribution in [2.75, 3.05) is 11.9 Å². The van der Waals surface area contributed by atoms with E-state index in [9.17, 15) is 14.7 Å². The molecule has 0 aliphatic carbocycles. The van der Waals surface area contributed by atoms with Gasteiger partial charge >= 0.3 is 11.7 Å². The first-order valence-corrected chi connectivity index (χ1v) is 11.2. The summed E-state index contributed by atoms with van der Waals surface area (Å²) in [4.78, 5) is 34.3. The van der Waals surface area contributed by atoms with E-state index in [2.05, 4.69) is 25.9 Å². The van der Waals surface area contributed by atoms with Crippen molar-refractivity contribution in [3.8, 4) is 5.69 Å². The van der Waals surface area contributed by atoms with Crippen LogP contribution >= 0.6 is 0 Å². The van der Waals surface area contributed by atoms with Crippen LogP contribution in [0.1, 0.15) is 31.0 Å². The Hall–Kier alpha value is -4.40. The second-order valence-electron chi connectivity index (χ2n) is 8.38. The SMILES string of the molecule is CCC(C(=O)O)n1c(=O)n(-c2ccc(C3CNc4nc5ccccc5n43)cc2)c2ncccc21. The molecule has 6 rings (SSSR count). The fraction of sp³-hybridized carbons (Fsp3) is 0.200. The molecule has 2 atom stereocenters. The third-order valence-corrected chi connectivity index (χ3v) is 6.52. The van der Waals surface area contributed by atoms with Crippen molar-refractivity contribution in [1.82, 2.24) is 23.7 Å². The number of carboxylic acids is 1. The number of pyridine rings is 1.